The molecule has 182 valence electrons. The second-order valence-electron chi connectivity index (χ2n) is 8.96. The summed E-state index contributed by atoms with van der Waals surface area (Å²) in [7, 11) is 0. The zero-order chi connectivity index (χ0) is 23.3. The Morgan fingerprint density at radius 3 is 1.81 bits per heavy atom. The van der Waals surface area contributed by atoms with Gasteiger partial charge in [0.15, 0.2) is 0 Å². The highest BCUT2D eigenvalue weighted by Gasteiger charge is 2.05. The summed E-state index contributed by atoms with van der Waals surface area (Å²) in [6.07, 6.45) is 18.5. The van der Waals surface area contributed by atoms with Gasteiger partial charge in [0.25, 0.3) is 0 Å². The van der Waals surface area contributed by atoms with Gasteiger partial charge in [-0.1, -0.05) is 96.1 Å². The van der Waals surface area contributed by atoms with Crippen LogP contribution in [0.1, 0.15) is 122 Å². The molecule has 0 aromatic heterocycles. The maximum atomic E-state index is 11.9. The summed E-state index contributed by atoms with van der Waals surface area (Å²) in [6.45, 7) is 4.81. The van der Waals surface area contributed by atoms with Crippen molar-refractivity contribution in [1.82, 2.24) is 0 Å². The summed E-state index contributed by atoms with van der Waals surface area (Å²) < 4.78 is 10.7. The smallest absolute Gasteiger partial charge is 0.311 e. The number of hydrogen-bond acceptors (Lipinski definition) is 4. The average molecular weight is 447 g/mol. The molecule has 0 bridgehead atoms. The van der Waals surface area contributed by atoms with Gasteiger partial charge in [-0.25, -0.2) is 0 Å². The maximum Gasteiger partial charge on any atom is 0.311 e. The molecule has 0 aliphatic carbocycles. The van der Waals surface area contributed by atoms with Crippen LogP contribution in [0.5, 0.6) is 5.75 Å². The normalized spacial score (nSPS) is 10.8. The van der Waals surface area contributed by atoms with Crippen LogP contribution in [0.2, 0.25) is 0 Å². The number of carbonyl (C=O) groups excluding carboxylic acids is 2. The van der Waals surface area contributed by atoms with Gasteiger partial charge in [0.05, 0.1) is 6.61 Å². The molecule has 0 saturated carbocycles. The van der Waals surface area contributed by atoms with Crippen molar-refractivity contribution in [3.8, 4) is 5.75 Å². The molecule has 0 atom stereocenters. The van der Waals surface area contributed by atoms with Crippen molar-refractivity contribution in [3.63, 3.8) is 0 Å². The first kappa shape index (κ1) is 28.2. The van der Waals surface area contributed by atoms with E-state index in [1.807, 2.05) is 31.2 Å². The van der Waals surface area contributed by atoms with Crippen molar-refractivity contribution in [2.75, 3.05) is 6.61 Å². The third-order valence-electron chi connectivity index (χ3n) is 5.74. The van der Waals surface area contributed by atoms with E-state index in [-0.39, 0.29) is 11.9 Å². The van der Waals surface area contributed by atoms with Crippen LogP contribution in [0.15, 0.2) is 24.3 Å². The molecule has 0 aliphatic rings. The summed E-state index contributed by atoms with van der Waals surface area (Å²) >= 11 is 0. The van der Waals surface area contributed by atoms with Gasteiger partial charge >= 0.3 is 11.9 Å². The predicted octanol–water partition coefficient (Wildman–Crippen LogP) is 8.10. The fourth-order valence-electron chi connectivity index (χ4n) is 3.78. The van der Waals surface area contributed by atoms with Gasteiger partial charge in [-0.15, -0.1) is 0 Å². The Morgan fingerprint density at radius 2 is 1.22 bits per heavy atom. The molecule has 0 radical (unpaired) electrons. The Labute approximate surface area is 196 Å². The molecule has 32 heavy (non-hydrogen) atoms. The van der Waals surface area contributed by atoms with E-state index < -0.39 is 0 Å². The van der Waals surface area contributed by atoms with E-state index in [1.165, 1.54) is 51.4 Å². The Morgan fingerprint density at radius 1 is 0.688 bits per heavy atom. The van der Waals surface area contributed by atoms with Gasteiger partial charge in [-0.2, -0.15) is 0 Å². The van der Waals surface area contributed by atoms with Crippen molar-refractivity contribution in [1.29, 1.82) is 0 Å². The monoisotopic (exact) mass is 446 g/mol. The summed E-state index contributed by atoms with van der Waals surface area (Å²) in [5.74, 6) is 0.411. The molecule has 4 nitrogen and oxygen atoms in total. The predicted molar refractivity (Wildman–Crippen MR) is 132 cm³/mol. The first-order valence-corrected chi connectivity index (χ1v) is 13.0. The van der Waals surface area contributed by atoms with E-state index in [0.29, 0.717) is 25.2 Å². The Bertz CT molecular complexity index is 611. The molecule has 0 heterocycles. The topological polar surface area (TPSA) is 52.6 Å². The Kier molecular flexibility index (Phi) is 17.5. The van der Waals surface area contributed by atoms with E-state index in [2.05, 4.69) is 6.92 Å². The van der Waals surface area contributed by atoms with E-state index >= 15 is 0 Å². The van der Waals surface area contributed by atoms with Crippen molar-refractivity contribution in [2.24, 2.45) is 0 Å². The highest BCUT2D eigenvalue weighted by atomic mass is 16.5. The second kappa shape index (κ2) is 19.8. The summed E-state index contributed by atoms with van der Waals surface area (Å²) in [5.41, 5.74) is 1.09. The number of hydrogen-bond donors (Lipinski definition) is 0. The number of carbonyl (C=O) groups is 2. The van der Waals surface area contributed by atoms with E-state index in [0.717, 1.165) is 50.5 Å². The average Bonchev–Trinajstić information content (AvgIpc) is 2.77. The quantitative estimate of drug-likeness (QED) is 0.115. The lowest BCUT2D eigenvalue weighted by atomic mass is 10.1. The molecule has 1 aromatic carbocycles. The summed E-state index contributed by atoms with van der Waals surface area (Å²) in [5, 5.41) is 0. The van der Waals surface area contributed by atoms with Gasteiger partial charge in [-0.3, -0.25) is 9.59 Å². The summed E-state index contributed by atoms with van der Waals surface area (Å²) in [6, 6.07) is 7.56. The van der Waals surface area contributed by atoms with Gasteiger partial charge in [0.1, 0.15) is 5.75 Å². The number of esters is 2. The minimum atomic E-state index is -0.162. The molecule has 0 N–H and O–H groups in total. The van der Waals surface area contributed by atoms with Crippen LogP contribution in [0, 0.1) is 6.92 Å². The molecule has 0 aliphatic heterocycles. The first-order valence-electron chi connectivity index (χ1n) is 13.0. The Hall–Kier alpha value is -1.84. The number of benzene rings is 1. The van der Waals surface area contributed by atoms with Crippen LogP contribution in [0.4, 0.5) is 0 Å². The zero-order valence-electron chi connectivity index (χ0n) is 20.7. The van der Waals surface area contributed by atoms with Crippen LogP contribution >= 0.6 is 0 Å². The zero-order valence-corrected chi connectivity index (χ0v) is 20.7. The number of ether oxygens (including phenoxy) is 2. The third-order valence-corrected chi connectivity index (χ3v) is 5.74. The number of rotatable bonds is 20. The second-order valence-corrected chi connectivity index (χ2v) is 8.96. The Balaban J connectivity index is 1.83. The first-order chi connectivity index (χ1) is 15.6. The minimum absolute atomic E-state index is 0.0524. The highest BCUT2D eigenvalue weighted by molar-refractivity contribution is 5.72. The fraction of sp³-hybridized carbons (Fsp3) is 0.714. The molecule has 1 rings (SSSR count). The molecule has 0 amide bonds. The third kappa shape index (κ3) is 16.8. The van der Waals surface area contributed by atoms with Crippen molar-refractivity contribution >= 4 is 11.9 Å². The molecular weight excluding hydrogens is 400 g/mol. The highest BCUT2D eigenvalue weighted by Crippen LogP contribution is 2.15. The fourth-order valence-corrected chi connectivity index (χ4v) is 3.78. The molecular formula is C28H46O4. The molecule has 0 unspecified atom stereocenters. The van der Waals surface area contributed by atoms with Crippen molar-refractivity contribution in [3.05, 3.63) is 29.8 Å². The van der Waals surface area contributed by atoms with E-state index in [1.54, 1.807) is 0 Å². The summed E-state index contributed by atoms with van der Waals surface area (Å²) in [4.78, 5) is 23.7. The van der Waals surface area contributed by atoms with E-state index in [9.17, 15) is 9.59 Å². The van der Waals surface area contributed by atoms with E-state index in [4.69, 9.17) is 9.47 Å². The maximum absolute atomic E-state index is 11.9. The molecule has 0 saturated heterocycles. The van der Waals surface area contributed by atoms with Crippen molar-refractivity contribution < 1.29 is 19.1 Å². The largest absolute Gasteiger partial charge is 0.466 e. The van der Waals surface area contributed by atoms with Crippen LogP contribution in [0.25, 0.3) is 0 Å². The van der Waals surface area contributed by atoms with Crippen LogP contribution in [-0.2, 0) is 14.3 Å². The van der Waals surface area contributed by atoms with Crippen molar-refractivity contribution in [2.45, 2.75) is 123 Å². The standard InChI is InChI=1S/C28H46O4/c1-3-4-5-6-7-8-11-14-17-23-31-27(29)21-15-12-9-10-13-16-22-28(30)32-26-20-18-19-25(2)24-26/h18-20,24H,3-17,21-23H2,1-2H3. The molecule has 1 aromatic rings. The van der Waals surface area contributed by atoms with Gasteiger partial charge in [-0.05, 0) is 43.9 Å². The lowest BCUT2D eigenvalue weighted by Gasteiger charge is -2.06. The molecule has 0 fully saturated rings. The number of unbranched alkanes of at least 4 members (excludes halogenated alkanes) is 13. The van der Waals surface area contributed by atoms with Crippen LogP contribution < -0.4 is 4.74 Å². The molecule has 4 heteroatoms. The van der Waals surface area contributed by atoms with Gasteiger partial charge in [0, 0.05) is 12.8 Å². The van der Waals surface area contributed by atoms with Gasteiger partial charge in [0.2, 0.25) is 0 Å². The van der Waals surface area contributed by atoms with Crippen LogP contribution in [-0.4, -0.2) is 18.5 Å². The lowest BCUT2D eigenvalue weighted by Crippen LogP contribution is -2.07. The molecule has 0 spiro atoms. The number of aryl methyl sites for hydroxylation is 1. The lowest BCUT2D eigenvalue weighted by molar-refractivity contribution is -0.144. The van der Waals surface area contributed by atoms with Crippen LogP contribution in [0.3, 0.4) is 0 Å². The SMILES string of the molecule is CCCCCCCCCCCOC(=O)CCCCCCCCC(=O)Oc1cccc(C)c1. The van der Waals surface area contributed by atoms with Gasteiger partial charge < -0.3 is 9.47 Å². The minimum Gasteiger partial charge on any atom is -0.466 e.